The van der Waals surface area contributed by atoms with Crippen LogP contribution in [0.15, 0.2) is 61.3 Å². The highest BCUT2D eigenvalue weighted by atomic mass is 16.1. The number of hydrogen-bond donors (Lipinski definition) is 0. The maximum atomic E-state index is 11.3. The lowest BCUT2D eigenvalue weighted by atomic mass is 9.90. The maximum Gasteiger partial charge on any atom is 0.160 e. The fourth-order valence-electron chi connectivity index (χ4n) is 2.34. The van der Waals surface area contributed by atoms with Gasteiger partial charge in [-0.3, -0.25) is 24.0 Å². The number of ketones is 5. The van der Waals surface area contributed by atoms with Crippen molar-refractivity contribution in [1.29, 1.82) is 0 Å². The molecule has 0 unspecified atom stereocenters. The molecular formula is C52H95NO5. The first-order valence-electron chi connectivity index (χ1n) is 20.5. The first-order valence-corrected chi connectivity index (χ1v) is 20.5. The van der Waals surface area contributed by atoms with Gasteiger partial charge in [0.15, 0.2) is 23.1 Å². The molecule has 0 N–H and O–H groups in total. The highest BCUT2D eigenvalue weighted by molar-refractivity contribution is 5.95. The van der Waals surface area contributed by atoms with Gasteiger partial charge in [-0.2, -0.15) is 0 Å². The molecule has 58 heavy (non-hydrogen) atoms. The first-order chi connectivity index (χ1) is 25.4. The maximum absolute atomic E-state index is 11.3. The van der Waals surface area contributed by atoms with Gasteiger partial charge in [0.1, 0.15) is 5.78 Å². The van der Waals surface area contributed by atoms with Crippen LogP contribution in [0.4, 0.5) is 0 Å². The summed E-state index contributed by atoms with van der Waals surface area (Å²) < 4.78 is 0. The van der Waals surface area contributed by atoms with Gasteiger partial charge in [0, 0.05) is 46.0 Å². The van der Waals surface area contributed by atoms with Crippen molar-refractivity contribution in [1.82, 2.24) is 4.90 Å². The molecule has 0 atom stereocenters. The van der Waals surface area contributed by atoms with Crippen molar-refractivity contribution in [3.63, 3.8) is 0 Å². The number of Topliss-reactive ketones (excluding diaryl/α,β-unsaturated/α-hetero) is 1. The zero-order valence-corrected chi connectivity index (χ0v) is 43.0. The third kappa shape index (κ3) is 59.3. The van der Waals surface area contributed by atoms with Crippen LogP contribution in [0, 0.1) is 50.8 Å². The van der Waals surface area contributed by atoms with Crippen LogP contribution in [-0.4, -0.2) is 54.5 Å². The monoisotopic (exact) mass is 814 g/mol. The molecule has 0 spiro atoms. The highest BCUT2D eigenvalue weighted by Crippen LogP contribution is 2.18. The normalized spacial score (nSPS) is 11.4. The predicted molar refractivity (Wildman–Crippen MR) is 258 cm³/mol. The van der Waals surface area contributed by atoms with Crippen LogP contribution < -0.4 is 0 Å². The summed E-state index contributed by atoms with van der Waals surface area (Å²) >= 11 is 0. The molecule has 0 rings (SSSR count). The third-order valence-corrected chi connectivity index (χ3v) is 6.72. The van der Waals surface area contributed by atoms with E-state index in [2.05, 4.69) is 39.8 Å². The lowest BCUT2D eigenvalue weighted by Crippen LogP contribution is -2.18. The molecule has 0 bridgehead atoms. The molecule has 0 aromatic rings. The van der Waals surface area contributed by atoms with Gasteiger partial charge in [0.25, 0.3) is 0 Å². The predicted octanol–water partition coefficient (Wildman–Crippen LogP) is 13.8. The Morgan fingerprint density at radius 1 is 0.621 bits per heavy atom. The molecule has 0 fully saturated rings. The van der Waals surface area contributed by atoms with Gasteiger partial charge < -0.3 is 4.90 Å². The Morgan fingerprint density at radius 3 is 1.03 bits per heavy atom. The second-order valence-electron chi connectivity index (χ2n) is 21.0. The quantitative estimate of drug-likeness (QED) is 0.144. The lowest BCUT2D eigenvalue weighted by Gasteiger charge is -2.13. The average Bonchev–Trinajstić information content (AvgIpc) is 3.02. The first kappa shape index (κ1) is 69.2. The van der Waals surface area contributed by atoms with Crippen molar-refractivity contribution < 1.29 is 24.0 Å². The molecule has 0 aliphatic rings. The number of carbonyl (C=O) groups excluding carboxylic acids is 5. The Balaban J connectivity index is -0.000000106. The summed E-state index contributed by atoms with van der Waals surface area (Å²) in [7, 11) is 3.96. The smallest absolute Gasteiger partial charge is 0.160 e. The molecule has 338 valence electrons. The summed E-state index contributed by atoms with van der Waals surface area (Å²) in [5.41, 5.74) is 0.309. The topological polar surface area (TPSA) is 88.6 Å². The summed E-state index contributed by atoms with van der Waals surface area (Å²) in [5, 5.41) is 0. The summed E-state index contributed by atoms with van der Waals surface area (Å²) in [6.45, 7) is 54.5. The minimum Gasteiger partial charge on any atom is -0.306 e. The Morgan fingerprint density at radius 2 is 0.931 bits per heavy atom. The second-order valence-corrected chi connectivity index (χ2v) is 21.0. The SMILES string of the molecule is C#CC(C)C.C/C=C/C(=O)C(C)(C)C.C=CC(=O)C(C)(C)C.C=CC(C)(C)C.CC(C)=CC(=O)C(C)(C)C.CCC(=O)C(C)(C)C.CN(C)C/C=C/C(=O)C(C)(C)C. The van der Waals surface area contributed by atoms with Gasteiger partial charge in [-0.1, -0.05) is 176 Å². The van der Waals surface area contributed by atoms with Crippen molar-refractivity contribution in [2.45, 2.75) is 173 Å². The van der Waals surface area contributed by atoms with E-state index in [1.54, 1.807) is 24.3 Å². The molecule has 0 amide bonds. The molecule has 6 nitrogen and oxygen atoms in total. The van der Waals surface area contributed by atoms with Gasteiger partial charge in [0.2, 0.25) is 0 Å². The van der Waals surface area contributed by atoms with Gasteiger partial charge in [0.05, 0.1) is 0 Å². The number of hydrogen-bond acceptors (Lipinski definition) is 6. The van der Waals surface area contributed by atoms with Crippen molar-refractivity contribution in [2.24, 2.45) is 38.4 Å². The fourth-order valence-corrected chi connectivity index (χ4v) is 2.34. The van der Waals surface area contributed by atoms with E-state index in [4.69, 9.17) is 6.42 Å². The Labute approximate surface area is 362 Å². The fraction of sp³-hybridized carbons (Fsp3) is 0.673. The van der Waals surface area contributed by atoms with Crippen LogP contribution >= 0.6 is 0 Å². The number of rotatable bonds is 7. The van der Waals surface area contributed by atoms with Crippen molar-refractivity contribution in [2.75, 3.05) is 20.6 Å². The molecule has 0 saturated heterocycles. The summed E-state index contributed by atoms with van der Waals surface area (Å²) in [5.74, 6) is 3.94. The van der Waals surface area contributed by atoms with Gasteiger partial charge >= 0.3 is 0 Å². The van der Waals surface area contributed by atoms with Crippen molar-refractivity contribution >= 4 is 28.9 Å². The van der Waals surface area contributed by atoms with Crippen LogP contribution in [0.5, 0.6) is 0 Å². The summed E-state index contributed by atoms with van der Waals surface area (Å²) in [6.07, 6.45) is 17.5. The molecule has 0 saturated carbocycles. The number of allylic oxidation sites excluding steroid dienone is 7. The largest absolute Gasteiger partial charge is 0.306 e. The number of carbonyl (C=O) groups is 5. The van der Waals surface area contributed by atoms with Crippen molar-refractivity contribution in [3.05, 3.63) is 61.3 Å². The molecule has 0 aromatic heterocycles. The van der Waals surface area contributed by atoms with Gasteiger partial charge in [-0.25, -0.2) is 0 Å². The zero-order valence-electron chi connectivity index (χ0n) is 43.0. The molecule has 0 heterocycles. The standard InChI is InChI=1S/C10H19NO.C9H16O.C8H14O.C7H14O.C7H12O.C6H12.C5H8/c1-10(2,3)9(12)7-6-8-11(4)5;1-7(2)6-8(10)9(3,4)5;1-5-6-7(9)8(2,3)4;2*1-5-6(8)7(2,3)4;1-5-6(2,3)4;1-4-5(2)3/h6-7H,8H2,1-5H3;6H,1-5H3;5-6H,1-4H3;5H2,1-4H3;5H,1H2,2-4H3;5H,1H2,2-4H3;1,5H,2-3H3/b7-6+;;6-5+;;;;. The Kier molecular flexibility index (Phi) is 39.9. The van der Waals surface area contributed by atoms with Crippen LogP contribution in [0.1, 0.15) is 173 Å². The molecule has 0 radical (unpaired) electrons. The van der Waals surface area contributed by atoms with Crippen LogP contribution in [-0.2, 0) is 24.0 Å². The molecular weight excluding hydrogens is 719 g/mol. The highest BCUT2D eigenvalue weighted by Gasteiger charge is 2.20. The molecule has 0 aliphatic carbocycles. The number of likely N-dealkylation sites (N-methyl/N-ethyl adjacent to an activating group) is 1. The molecule has 0 aliphatic heterocycles. The molecule has 6 heteroatoms. The average molecular weight is 814 g/mol. The number of terminal acetylenes is 1. The van der Waals surface area contributed by atoms with E-state index in [0.29, 0.717) is 23.5 Å². The lowest BCUT2D eigenvalue weighted by molar-refractivity contribution is -0.126. The minimum absolute atomic E-state index is 0.0949. The van der Waals surface area contributed by atoms with Crippen LogP contribution in [0.25, 0.3) is 0 Å². The van der Waals surface area contributed by atoms with Crippen LogP contribution in [0.3, 0.4) is 0 Å². The van der Waals surface area contributed by atoms with E-state index in [1.165, 1.54) is 6.08 Å². The zero-order chi connectivity index (χ0) is 48.7. The minimum atomic E-state index is -0.248. The Bertz CT molecular complexity index is 1310. The third-order valence-electron chi connectivity index (χ3n) is 6.72. The van der Waals surface area contributed by atoms with Gasteiger partial charge in [-0.05, 0) is 64.6 Å². The van der Waals surface area contributed by atoms with E-state index >= 15 is 0 Å². The number of nitrogens with zero attached hydrogens (tertiary/aromatic N) is 1. The molecule has 0 aromatic carbocycles. The van der Waals surface area contributed by atoms with E-state index in [9.17, 15) is 24.0 Å². The van der Waals surface area contributed by atoms with Crippen molar-refractivity contribution in [3.8, 4) is 12.3 Å². The Hall–Kier alpha value is -3.43. The van der Waals surface area contributed by atoms with E-state index < -0.39 is 0 Å². The van der Waals surface area contributed by atoms with E-state index in [0.717, 1.165) is 12.1 Å². The van der Waals surface area contributed by atoms with E-state index in [1.807, 2.05) is 177 Å². The van der Waals surface area contributed by atoms with Crippen LogP contribution in [0.2, 0.25) is 0 Å². The van der Waals surface area contributed by atoms with E-state index in [-0.39, 0.29) is 50.2 Å². The summed E-state index contributed by atoms with van der Waals surface area (Å²) in [4.78, 5) is 57.1. The second kappa shape index (κ2) is 33.4. The van der Waals surface area contributed by atoms with Gasteiger partial charge in [-0.15, -0.1) is 18.9 Å². The summed E-state index contributed by atoms with van der Waals surface area (Å²) in [6, 6.07) is 0.